The van der Waals surface area contributed by atoms with Crippen LogP contribution in [0.2, 0.25) is 0 Å². The van der Waals surface area contributed by atoms with Gasteiger partial charge in [-0.2, -0.15) is 0 Å². The predicted molar refractivity (Wildman–Crippen MR) is 99.6 cm³/mol. The van der Waals surface area contributed by atoms with Gasteiger partial charge in [0.15, 0.2) is 0 Å². The second-order valence-corrected chi connectivity index (χ2v) is 5.99. The Kier molecular flexibility index (Phi) is 15.9. The summed E-state index contributed by atoms with van der Waals surface area (Å²) in [4.78, 5) is 34.1. The van der Waals surface area contributed by atoms with Crippen molar-refractivity contribution in [1.82, 2.24) is 10.6 Å². The zero-order chi connectivity index (χ0) is 19.6. The maximum Gasteiger partial charge on any atom is 0.245 e. The highest BCUT2D eigenvalue weighted by Crippen LogP contribution is 2.12. The molecule has 26 heavy (non-hydrogen) atoms. The molecule has 0 aromatic heterocycles. The van der Waals surface area contributed by atoms with Gasteiger partial charge in [-0.25, -0.2) is 0 Å². The molecule has 152 valence electrons. The molecule has 0 aromatic carbocycles. The third-order valence-electron chi connectivity index (χ3n) is 3.95. The molecule has 1 atom stereocenters. The summed E-state index contributed by atoms with van der Waals surface area (Å²) in [5, 5.41) is 5.49. The summed E-state index contributed by atoms with van der Waals surface area (Å²) in [5.74, 6) is -0.0165. The molecule has 8 nitrogen and oxygen atoms in total. The highest BCUT2D eigenvalue weighted by molar-refractivity contribution is 5.82. The molecule has 0 saturated carbocycles. The Morgan fingerprint density at radius 1 is 0.923 bits per heavy atom. The van der Waals surface area contributed by atoms with E-state index in [1.807, 2.05) is 6.92 Å². The molecule has 0 spiro atoms. The van der Waals surface area contributed by atoms with Crippen molar-refractivity contribution >= 4 is 17.6 Å². The largest absolute Gasteiger partial charge is 0.377 e. The summed E-state index contributed by atoms with van der Waals surface area (Å²) in [6, 6.07) is 0. The van der Waals surface area contributed by atoms with E-state index >= 15 is 0 Å². The predicted octanol–water partition coefficient (Wildman–Crippen LogP) is 0.386. The molecule has 0 unspecified atom stereocenters. The van der Waals surface area contributed by atoms with Crippen LogP contribution >= 0.6 is 0 Å². The number of amides is 2. The Balaban J connectivity index is 3.44. The average Bonchev–Trinajstić information content (AvgIpc) is 2.65. The van der Waals surface area contributed by atoms with Crippen LogP contribution in [0.5, 0.6) is 0 Å². The molecule has 4 N–H and O–H groups in total. The Morgan fingerprint density at radius 3 is 2.27 bits per heavy atom. The lowest BCUT2D eigenvalue weighted by Gasteiger charge is -2.12. The summed E-state index contributed by atoms with van der Waals surface area (Å²) in [7, 11) is 0. The summed E-state index contributed by atoms with van der Waals surface area (Å²) >= 11 is 0. The van der Waals surface area contributed by atoms with Crippen molar-refractivity contribution in [2.45, 2.75) is 46.0 Å². The SMILES string of the molecule is CCC(=O)NCCOCCOCC(=O)NCCCC[C@H](CC)C(=O)CN. The smallest absolute Gasteiger partial charge is 0.245 e. The molecule has 0 radical (unpaired) electrons. The van der Waals surface area contributed by atoms with Gasteiger partial charge in [-0.3, -0.25) is 14.4 Å². The highest BCUT2D eigenvalue weighted by atomic mass is 16.5. The van der Waals surface area contributed by atoms with Crippen LogP contribution in [-0.4, -0.2) is 63.7 Å². The zero-order valence-corrected chi connectivity index (χ0v) is 16.2. The van der Waals surface area contributed by atoms with Crippen molar-refractivity contribution in [3.63, 3.8) is 0 Å². The van der Waals surface area contributed by atoms with E-state index in [-0.39, 0.29) is 36.7 Å². The standard InChI is InChI=1S/C18H35N3O5/c1-3-15(16(22)13-19)7-5-6-8-20-18(24)14-26-12-11-25-10-9-21-17(23)4-2/h15H,3-14,19H2,1-2H3,(H,20,24)(H,21,23)/t15-/m0/s1. The molecular weight excluding hydrogens is 338 g/mol. The van der Waals surface area contributed by atoms with Gasteiger partial charge in [0, 0.05) is 25.4 Å². The van der Waals surface area contributed by atoms with E-state index in [0.717, 1.165) is 25.7 Å². The summed E-state index contributed by atoms with van der Waals surface area (Å²) in [6.07, 6.45) is 3.79. The Morgan fingerprint density at radius 2 is 1.62 bits per heavy atom. The average molecular weight is 373 g/mol. The molecule has 8 heteroatoms. The number of hydrogen-bond donors (Lipinski definition) is 3. The Labute approximate surface area is 156 Å². The maximum atomic E-state index is 11.6. The first kappa shape index (κ1) is 24.5. The van der Waals surface area contributed by atoms with Crippen molar-refractivity contribution in [1.29, 1.82) is 0 Å². The zero-order valence-electron chi connectivity index (χ0n) is 16.2. The third kappa shape index (κ3) is 13.7. The highest BCUT2D eigenvalue weighted by Gasteiger charge is 2.13. The van der Waals surface area contributed by atoms with Gasteiger partial charge in [-0.1, -0.05) is 20.3 Å². The number of nitrogens with one attached hydrogen (secondary N) is 2. The van der Waals surface area contributed by atoms with E-state index < -0.39 is 0 Å². The van der Waals surface area contributed by atoms with Crippen LogP contribution in [0.15, 0.2) is 0 Å². The molecule has 0 heterocycles. The molecule has 0 fully saturated rings. The molecule has 0 aliphatic carbocycles. The first-order valence-corrected chi connectivity index (χ1v) is 9.46. The van der Waals surface area contributed by atoms with Crippen LogP contribution < -0.4 is 16.4 Å². The molecule has 0 aliphatic rings. The van der Waals surface area contributed by atoms with E-state index in [4.69, 9.17) is 15.2 Å². The number of nitrogens with two attached hydrogens (primary N) is 1. The third-order valence-corrected chi connectivity index (χ3v) is 3.95. The minimum atomic E-state index is -0.162. The monoisotopic (exact) mass is 373 g/mol. The minimum absolute atomic E-state index is 0.000818. The van der Waals surface area contributed by atoms with E-state index in [2.05, 4.69) is 10.6 Å². The van der Waals surface area contributed by atoms with Crippen LogP contribution in [0.1, 0.15) is 46.0 Å². The fraction of sp³-hybridized carbons (Fsp3) is 0.833. The first-order valence-electron chi connectivity index (χ1n) is 9.46. The van der Waals surface area contributed by atoms with Crippen LogP contribution in [-0.2, 0) is 23.9 Å². The first-order chi connectivity index (χ1) is 12.5. The number of ether oxygens (including phenoxy) is 2. The summed E-state index contributed by atoms with van der Waals surface area (Å²) in [6.45, 7) is 6.06. The molecule has 0 aromatic rings. The fourth-order valence-corrected chi connectivity index (χ4v) is 2.33. The van der Waals surface area contributed by atoms with Gasteiger partial charge in [0.05, 0.1) is 26.4 Å². The minimum Gasteiger partial charge on any atom is -0.377 e. The number of unbranched alkanes of at least 4 members (excludes halogenated alkanes) is 1. The van der Waals surface area contributed by atoms with E-state index in [1.165, 1.54) is 0 Å². The van der Waals surface area contributed by atoms with Gasteiger partial charge in [0.25, 0.3) is 0 Å². The maximum absolute atomic E-state index is 11.6. The second-order valence-electron chi connectivity index (χ2n) is 5.99. The lowest BCUT2D eigenvalue weighted by Crippen LogP contribution is -2.29. The van der Waals surface area contributed by atoms with E-state index in [1.54, 1.807) is 6.92 Å². The fourth-order valence-electron chi connectivity index (χ4n) is 2.33. The number of ketones is 1. The molecule has 0 saturated heterocycles. The Bertz CT molecular complexity index is 404. The van der Waals surface area contributed by atoms with E-state index in [0.29, 0.717) is 39.3 Å². The second kappa shape index (κ2) is 16.9. The number of carbonyl (C=O) groups excluding carboxylic acids is 3. The number of carbonyl (C=O) groups is 3. The van der Waals surface area contributed by atoms with Gasteiger partial charge < -0.3 is 25.8 Å². The van der Waals surface area contributed by atoms with Gasteiger partial charge in [-0.05, 0) is 19.3 Å². The Hall–Kier alpha value is -1.51. The van der Waals surface area contributed by atoms with Crippen molar-refractivity contribution in [2.24, 2.45) is 11.7 Å². The van der Waals surface area contributed by atoms with Crippen LogP contribution in [0, 0.1) is 5.92 Å². The van der Waals surface area contributed by atoms with Gasteiger partial charge in [-0.15, -0.1) is 0 Å². The van der Waals surface area contributed by atoms with Gasteiger partial charge in [0.1, 0.15) is 12.4 Å². The van der Waals surface area contributed by atoms with Gasteiger partial charge >= 0.3 is 0 Å². The summed E-state index contributed by atoms with van der Waals surface area (Å²) < 4.78 is 10.5. The lowest BCUT2D eigenvalue weighted by atomic mass is 9.95. The van der Waals surface area contributed by atoms with Crippen molar-refractivity contribution in [3.05, 3.63) is 0 Å². The quantitative estimate of drug-likeness (QED) is 0.317. The summed E-state index contributed by atoms with van der Waals surface area (Å²) in [5.41, 5.74) is 5.38. The van der Waals surface area contributed by atoms with Crippen LogP contribution in [0.3, 0.4) is 0 Å². The van der Waals surface area contributed by atoms with Crippen molar-refractivity contribution in [2.75, 3.05) is 46.1 Å². The normalized spacial score (nSPS) is 11.8. The molecule has 2 amide bonds. The van der Waals surface area contributed by atoms with Crippen molar-refractivity contribution in [3.8, 4) is 0 Å². The van der Waals surface area contributed by atoms with Crippen LogP contribution in [0.4, 0.5) is 0 Å². The molecule has 0 rings (SSSR count). The van der Waals surface area contributed by atoms with Crippen LogP contribution in [0.25, 0.3) is 0 Å². The number of Topliss-reactive ketones (excluding diaryl/α,β-unsaturated/α-hetero) is 1. The molecule has 0 bridgehead atoms. The topological polar surface area (TPSA) is 120 Å². The number of rotatable bonds is 17. The van der Waals surface area contributed by atoms with E-state index in [9.17, 15) is 14.4 Å². The lowest BCUT2D eigenvalue weighted by molar-refractivity contribution is -0.126. The van der Waals surface area contributed by atoms with Crippen molar-refractivity contribution < 1.29 is 23.9 Å². The molecule has 0 aliphatic heterocycles. The van der Waals surface area contributed by atoms with Gasteiger partial charge in [0.2, 0.25) is 11.8 Å². The molecular formula is C18H35N3O5. The number of hydrogen-bond acceptors (Lipinski definition) is 6.